The van der Waals surface area contributed by atoms with Crippen molar-refractivity contribution in [3.8, 4) is 73.2 Å². The highest BCUT2D eigenvalue weighted by Gasteiger charge is 2.36. The zero-order chi connectivity index (χ0) is 38.8. The Morgan fingerprint density at radius 2 is 0.793 bits per heavy atom. The van der Waals surface area contributed by atoms with E-state index in [2.05, 4.69) is 176 Å². The molecule has 0 spiro atoms. The van der Waals surface area contributed by atoms with Crippen molar-refractivity contribution in [3.05, 3.63) is 205 Å². The summed E-state index contributed by atoms with van der Waals surface area (Å²) in [5.74, 6) is 1.96. The summed E-state index contributed by atoms with van der Waals surface area (Å²) in [4.78, 5) is 15.4. The first kappa shape index (κ1) is 33.9. The number of benzene rings is 8. The van der Waals surface area contributed by atoms with E-state index in [-0.39, 0.29) is 5.41 Å². The van der Waals surface area contributed by atoms with E-state index in [4.69, 9.17) is 15.0 Å². The smallest absolute Gasteiger partial charge is 0.164 e. The van der Waals surface area contributed by atoms with Crippen molar-refractivity contribution in [3.63, 3.8) is 0 Å². The van der Waals surface area contributed by atoms with Gasteiger partial charge in [0.25, 0.3) is 0 Å². The summed E-state index contributed by atoms with van der Waals surface area (Å²) in [6.45, 7) is 4.69. The molecule has 4 nitrogen and oxygen atoms in total. The number of nitrogens with zero attached hydrogens (tertiary/aromatic N) is 4. The summed E-state index contributed by atoms with van der Waals surface area (Å²) in [5.41, 5.74) is 15.8. The number of fused-ring (bicyclic) bond motifs is 5. The molecule has 1 aliphatic rings. The molecule has 2 aromatic heterocycles. The van der Waals surface area contributed by atoms with E-state index < -0.39 is 0 Å². The molecule has 274 valence electrons. The third-order valence-electron chi connectivity index (χ3n) is 11.8. The molecule has 58 heavy (non-hydrogen) atoms. The van der Waals surface area contributed by atoms with Gasteiger partial charge < -0.3 is 4.57 Å². The summed E-state index contributed by atoms with van der Waals surface area (Å²) in [6.07, 6.45) is 0. The summed E-state index contributed by atoms with van der Waals surface area (Å²) < 4.78 is 2.47. The monoisotopic (exact) mass is 742 g/mol. The number of para-hydroxylation sites is 1. The van der Waals surface area contributed by atoms with Crippen LogP contribution in [0.3, 0.4) is 0 Å². The van der Waals surface area contributed by atoms with Gasteiger partial charge in [0.1, 0.15) is 0 Å². The molecule has 4 heteroatoms. The first-order valence-electron chi connectivity index (χ1n) is 19.9. The highest BCUT2D eigenvalue weighted by Crippen LogP contribution is 2.49. The lowest BCUT2D eigenvalue weighted by atomic mass is 9.74. The van der Waals surface area contributed by atoms with E-state index >= 15 is 0 Å². The zero-order valence-electron chi connectivity index (χ0n) is 32.3. The Morgan fingerprint density at radius 3 is 1.34 bits per heavy atom. The normalized spacial score (nSPS) is 12.8. The first-order chi connectivity index (χ1) is 28.5. The molecule has 0 amide bonds. The molecule has 0 saturated carbocycles. The van der Waals surface area contributed by atoms with Crippen LogP contribution in [0.5, 0.6) is 0 Å². The first-order valence-corrected chi connectivity index (χ1v) is 19.9. The molecule has 3 heterocycles. The lowest BCUT2D eigenvalue weighted by Gasteiger charge is -2.35. The maximum atomic E-state index is 5.19. The summed E-state index contributed by atoms with van der Waals surface area (Å²) in [5, 5.41) is 2.37. The van der Waals surface area contributed by atoms with E-state index in [0.717, 1.165) is 22.3 Å². The van der Waals surface area contributed by atoms with Crippen LogP contribution in [-0.4, -0.2) is 19.5 Å². The maximum absolute atomic E-state index is 5.19. The van der Waals surface area contributed by atoms with Crippen molar-refractivity contribution in [1.82, 2.24) is 19.5 Å². The molecule has 0 radical (unpaired) electrons. The lowest BCUT2D eigenvalue weighted by Crippen LogP contribution is -2.26. The molecule has 0 atom stereocenters. The van der Waals surface area contributed by atoms with Crippen LogP contribution in [-0.2, 0) is 5.41 Å². The van der Waals surface area contributed by atoms with Gasteiger partial charge in [0.15, 0.2) is 17.5 Å². The van der Waals surface area contributed by atoms with E-state index in [9.17, 15) is 0 Å². The Bertz CT molecular complexity index is 3050. The molecule has 0 unspecified atom stereocenters. The minimum absolute atomic E-state index is 0.287. The van der Waals surface area contributed by atoms with Gasteiger partial charge in [-0.3, -0.25) is 0 Å². The van der Waals surface area contributed by atoms with Crippen LogP contribution in [0.25, 0.3) is 95.0 Å². The van der Waals surface area contributed by atoms with E-state index in [1.165, 1.54) is 66.4 Å². The van der Waals surface area contributed by atoms with Crippen molar-refractivity contribution in [2.24, 2.45) is 0 Å². The molecule has 0 N–H and O–H groups in total. The lowest BCUT2D eigenvalue weighted by molar-refractivity contribution is 0.630. The molecule has 10 aromatic rings. The predicted molar refractivity (Wildman–Crippen MR) is 239 cm³/mol. The minimum Gasteiger partial charge on any atom is -0.309 e. The van der Waals surface area contributed by atoms with Crippen LogP contribution in [0.15, 0.2) is 194 Å². The Kier molecular flexibility index (Phi) is 7.80. The molecular weight excluding hydrogens is 705 g/mol. The fourth-order valence-electron chi connectivity index (χ4n) is 8.85. The number of hydrogen-bond donors (Lipinski definition) is 0. The quantitative estimate of drug-likeness (QED) is 0.170. The van der Waals surface area contributed by atoms with Gasteiger partial charge in [-0.1, -0.05) is 159 Å². The number of aromatic nitrogens is 4. The Labute approximate surface area is 337 Å². The third kappa shape index (κ3) is 5.56. The Hall–Kier alpha value is -7.43. The molecule has 0 bridgehead atoms. The maximum Gasteiger partial charge on any atom is 0.164 e. The molecule has 0 aliphatic carbocycles. The third-order valence-corrected chi connectivity index (χ3v) is 11.8. The summed E-state index contributed by atoms with van der Waals surface area (Å²) >= 11 is 0. The minimum atomic E-state index is -0.287. The summed E-state index contributed by atoms with van der Waals surface area (Å²) in [6, 6.07) is 69.2. The van der Waals surface area contributed by atoms with Gasteiger partial charge in [-0.15, -0.1) is 0 Å². The standard InChI is InChI=1S/C54H38N4/c1-54(2)46-25-15-16-26-49(46)58-48-28-27-39(42-30-40(35-17-7-3-8-18-35)29-41(31-42)36-19-9-4-10-20-36)32-44(48)45-33-43(34-47(54)50(45)58)53-56-51(37-21-11-5-12-22-37)55-52(57-53)38-23-13-6-14-24-38/h3-34H,1-2H3. The van der Waals surface area contributed by atoms with Gasteiger partial charge in [-0.05, 0) is 93.0 Å². The van der Waals surface area contributed by atoms with Crippen LogP contribution in [0.1, 0.15) is 25.0 Å². The zero-order valence-corrected chi connectivity index (χ0v) is 32.3. The summed E-state index contributed by atoms with van der Waals surface area (Å²) in [7, 11) is 0. The van der Waals surface area contributed by atoms with Crippen LogP contribution in [0.4, 0.5) is 0 Å². The highest BCUT2D eigenvalue weighted by atomic mass is 15.0. The molecule has 8 aromatic carbocycles. The average molecular weight is 743 g/mol. The molecular formula is C54H38N4. The average Bonchev–Trinajstić information content (AvgIpc) is 3.63. The van der Waals surface area contributed by atoms with Crippen molar-refractivity contribution in [1.29, 1.82) is 0 Å². The molecule has 0 saturated heterocycles. The van der Waals surface area contributed by atoms with Crippen LogP contribution in [0.2, 0.25) is 0 Å². The van der Waals surface area contributed by atoms with E-state index in [1.54, 1.807) is 0 Å². The van der Waals surface area contributed by atoms with Crippen LogP contribution in [0, 0.1) is 0 Å². The second-order valence-electron chi connectivity index (χ2n) is 15.7. The molecule has 1 aliphatic heterocycles. The SMILES string of the molecule is CC1(C)c2ccccc2-n2c3ccc(-c4cc(-c5ccccc5)cc(-c5ccccc5)c4)cc3c3cc(-c4nc(-c5ccccc5)nc(-c5ccccc5)n4)cc1c32. The number of hydrogen-bond acceptors (Lipinski definition) is 3. The fraction of sp³-hybridized carbons (Fsp3) is 0.0556. The van der Waals surface area contributed by atoms with Gasteiger partial charge in [-0.2, -0.15) is 0 Å². The van der Waals surface area contributed by atoms with Crippen LogP contribution >= 0.6 is 0 Å². The van der Waals surface area contributed by atoms with Gasteiger partial charge in [0, 0.05) is 32.9 Å². The molecule has 0 fully saturated rings. The topological polar surface area (TPSA) is 43.6 Å². The van der Waals surface area contributed by atoms with E-state index in [0.29, 0.717) is 17.5 Å². The van der Waals surface area contributed by atoms with Crippen molar-refractivity contribution < 1.29 is 0 Å². The fourth-order valence-corrected chi connectivity index (χ4v) is 8.85. The predicted octanol–water partition coefficient (Wildman–Crippen LogP) is 13.6. The van der Waals surface area contributed by atoms with Gasteiger partial charge in [-0.25, -0.2) is 15.0 Å². The Morgan fingerprint density at radius 1 is 0.345 bits per heavy atom. The van der Waals surface area contributed by atoms with Crippen molar-refractivity contribution in [2.45, 2.75) is 19.3 Å². The molecule has 11 rings (SSSR count). The van der Waals surface area contributed by atoms with E-state index in [1.807, 2.05) is 36.4 Å². The highest BCUT2D eigenvalue weighted by molar-refractivity contribution is 6.14. The second kappa shape index (κ2) is 13.4. The van der Waals surface area contributed by atoms with Gasteiger partial charge in [0.05, 0.1) is 16.7 Å². The van der Waals surface area contributed by atoms with Crippen molar-refractivity contribution in [2.75, 3.05) is 0 Å². The van der Waals surface area contributed by atoms with Crippen LogP contribution < -0.4 is 0 Å². The van der Waals surface area contributed by atoms with Crippen molar-refractivity contribution >= 4 is 21.8 Å². The Balaban J connectivity index is 1.18. The van der Waals surface area contributed by atoms with Gasteiger partial charge >= 0.3 is 0 Å². The number of rotatable bonds is 6. The second-order valence-corrected chi connectivity index (χ2v) is 15.7. The van der Waals surface area contributed by atoms with Gasteiger partial charge in [0.2, 0.25) is 0 Å². The largest absolute Gasteiger partial charge is 0.309 e.